The van der Waals surface area contributed by atoms with E-state index in [1.54, 1.807) is 17.0 Å². The standard InChI is InChI=1S/C22H26FN3O3/c1-22(2)10-3-11-25(15-22)20(28)14-26-13-17(6-9-19(26)27)21(29)24-12-16-4-7-18(23)8-5-16/h4-9,13H,3,10-12,14-15H2,1-2H3,(H,24,29). The Morgan fingerprint density at radius 1 is 1.14 bits per heavy atom. The lowest BCUT2D eigenvalue weighted by Gasteiger charge is -2.38. The zero-order valence-corrected chi connectivity index (χ0v) is 16.8. The van der Waals surface area contributed by atoms with Crippen molar-refractivity contribution in [1.82, 2.24) is 14.8 Å². The third-order valence-corrected chi connectivity index (χ3v) is 5.17. The van der Waals surface area contributed by atoms with Gasteiger partial charge in [0, 0.05) is 31.9 Å². The summed E-state index contributed by atoms with van der Waals surface area (Å²) in [7, 11) is 0. The molecule has 29 heavy (non-hydrogen) atoms. The molecule has 0 unspecified atom stereocenters. The summed E-state index contributed by atoms with van der Waals surface area (Å²) in [5.41, 5.74) is 0.792. The highest BCUT2D eigenvalue weighted by molar-refractivity contribution is 5.93. The van der Waals surface area contributed by atoms with Gasteiger partial charge in [-0.15, -0.1) is 0 Å². The number of rotatable bonds is 5. The van der Waals surface area contributed by atoms with Crippen molar-refractivity contribution in [3.63, 3.8) is 0 Å². The summed E-state index contributed by atoms with van der Waals surface area (Å²) in [6.07, 6.45) is 3.43. The topological polar surface area (TPSA) is 71.4 Å². The van der Waals surface area contributed by atoms with E-state index in [9.17, 15) is 18.8 Å². The summed E-state index contributed by atoms with van der Waals surface area (Å²) in [6.45, 7) is 5.76. The van der Waals surface area contributed by atoms with Crippen molar-refractivity contribution in [2.45, 2.75) is 39.8 Å². The number of amides is 2. The third-order valence-electron chi connectivity index (χ3n) is 5.17. The monoisotopic (exact) mass is 399 g/mol. The first-order chi connectivity index (χ1) is 13.7. The van der Waals surface area contributed by atoms with Gasteiger partial charge in [-0.05, 0) is 42.0 Å². The zero-order valence-electron chi connectivity index (χ0n) is 16.8. The average molecular weight is 399 g/mol. The van der Waals surface area contributed by atoms with E-state index in [4.69, 9.17) is 0 Å². The van der Waals surface area contributed by atoms with Crippen molar-refractivity contribution in [1.29, 1.82) is 0 Å². The van der Waals surface area contributed by atoms with Gasteiger partial charge in [-0.25, -0.2) is 4.39 Å². The van der Waals surface area contributed by atoms with Crippen LogP contribution in [-0.4, -0.2) is 34.4 Å². The van der Waals surface area contributed by atoms with Crippen LogP contribution in [0.15, 0.2) is 47.4 Å². The fourth-order valence-electron chi connectivity index (χ4n) is 3.56. The van der Waals surface area contributed by atoms with Gasteiger partial charge in [0.2, 0.25) is 5.91 Å². The number of carbonyl (C=O) groups is 2. The number of pyridine rings is 1. The Hall–Kier alpha value is -2.96. The van der Waals surface area contributed by atoms with Gasteiger partial charge >= 0.3 is 0 Å². The van der Waals surface area contributed by atoms with Gasteiger partial charge in [-0.1, -0.05) is 26.0 Å². The highest BCUT2D eigenvalue weighted by atomic mass is 19.1. The van der Waals surface area contributed by atoms with Gasteiger partial charge in [-0.3, -0.25) is 14.4 Å². The van der Waals surface area contributed by atoms with Crippen LogP contribution in [0.2, 0.25) is 0 Å². The number of carbonyl (C=O) groups excluding carboxylic acids is 2. The molecule has 1 aromatic carbocycles. The van der Waals surface area contributed by atoms with Gasteiger partial charge in [0.05, 0.1) is 5.56 Å². The van der Waals surface area contributed by atoms with Crippen molar-refractivity contribution in [2.24, 2.45) is 5.41 Å². The van der Waals surface area contributed by atoms with Crippen LogP contribution in [0.4, 0.5) is 4.39 Å². The fourth-order valence-corrected chi connectivity index (χ4v) is 3.56. The van der Waals surface area contributed by atoms with Gasteiger partial charge in [0.1, 0.15) is 12.4 Å². The van der Waals surface area contributed by atoms with E-state index in [0.717, 1.165) is 18.4 Å². The van der Waals surface area contributed by atoms with Gasteiger partial charge in [0.15, 0.2) is 0 Å². The molecule has 0 spiro atoms. The lowest BCUT2D eigenvalue weighted by Crippen LogP contribution is -2.45. The van der Waals surface area contributed by atoms with Crippen LogP contribution >= 0.6 is 0 Å². The first-order valence-electron chi connectivity index (χ1n) is 9.74. The van der Waals surface area contributed by atoms with Crippen LogP contribution in [0.5, 0.6) is 0 Å². The Morgan fingerprint density at radius 2 is 1.86 bits per heavy atom. The second-order valence-electron chi connectivity index (χ2n) is 8.28. The lowest BCUT2D eigenvalue weighted by atomic mass is 9.84. The van der Waals surface area contributed by atoms with Crippen molar-refractivity contribution in [2.75, 3.05) is 13.1 Å². The summed E-state index contributed by atoms with van der Waals surface area (Å²) >= 11 is 0. The number of benzene rings is 1. The number of hydrogen-bond acceptors (Lipinski definition) is 3. The third kappa shape index (κ3) is 5.53. The second kappa shape index (κ2) is 8.59. The van der Waals surface area contributed by atoms with Gasteiger partial charge in [0.25, 0.3) is 11.5 Å². The molecule has 1 N–H and O–H groups in total. The van der Waals surface area contributed by atoms with Crippen molar-refractivity contribution in [3.8, 4) is 0 Å². The van der Waals surface area contributed by atoms with Crippen LogP contribution in [0.3, 0.4) is 0 Å². The minimum atomic E-state index is -0.366. The molecule has 1 aliphatic heterocycles. The van der Waals surface area contributed by atoms with Crippen LogP contribution in [0, 0.1) is 11.2 Å². The second-order valence-corrected chi connectivity index (χ2v) is 8.28. The van der Waals surface area contributed by atoms with E-state index >= 15 is 0 Å². The molecule has 154 valence electrons. The molecular weight excluding hydrogens is 373 g/mol. The number of nitrogens with one attached hydrogen (secondary N) is 1. The Morgan fingerprint density at radius 3 is 2.55 bits per heavy atom. The quantitative estimate of drug-likeness (QED) is 0.840. The molecule has 6 nitrogen and oxygen atoms in total. The first-order valence-corrected chi connectivity index (χ1v) is 9.74. The molecule has 0 bridgehead atoms. The van der Waals surface area contributed by atoms with Crippen LogP contribution in [0.25, 0.3) is 0 Å². The van der Waals surface area contributed by atoms with Crippen LogP contribution in [0.1, 0.15) is 42.6 Å². The SMILES string of the molecule is CC1(C)CCCN(C(=O)Cn2cc(C(=O)NCc3ccc(F)cc3)ccc2=O)C1. The van der Waals surface area contributed by atoms with Gasteiger partial charge in [-0.2, -0.15) is 0 Å². The van der Waals surface area contributed by atoms with E-state index in [2.05, 4.69) is 19.2 Å². The molecule has 0 radical (unpaired) electrons. The number of halogens is 1. The maximum atomic E-state index is 13.0. The molecule has 1 fully saturated rings. The largest absolute Gasteiger partial charge is 0.348 e. The Bertz CT molecular complexity index is 951. The van der Waals surface area contributed by atoms with E-state index in [1.807, 2.05) is 0 Å². The smallest absolute Gasteiger partial charge is 0.253 e. The summed E-state index contributed by atoms with van der Waals surface area (Å²) in [6, 6.07) is 8.57. The Labute approximate surface area is 169 Å². The molecule has 1 aliphatic rings. The molecule has 3 rings (SSSR count). The predicted molar refractivity (Wildman–Crippen MR) is 108 cm³/mol. The number of hydrogen-bond donors (Lipinski definition) is 1. The summed E-state index contributed by atoms with van der Waals surface area (Å²) in [5.74, 6) is -0.827. The summed E-state index contributed by atoms with van der Waals surface area (Å²) in [5, 5.41) is 2.74. The number of likely N-dealkylation sites (tertiary alicyclic amines) is 1. The highest BCUT2D eigenvalue weighted by Crippen LogP contribution is 2.28. The van der Waals surface area contributed by atoms with Crippen molar-refractivity contribution < 1.29 is 14.0 Å². The Kier molecular flexibility index (Phi) is 6.15. The average Bonchev–Trinajstić information content (AvgIpc) is 2.68. The van der Waals surface area contributed by atoms with E-state index in [0.29, 0.717) is 18.7 Å². The molecule has 0 saturated carbocycles. The lowest BCUT2D eigenvalue weighted by molar-refractivity contribution is -0.134. The van der Waals surface area contributed by atoms with Gasteiger partial charge < -0.3 is 14.8 Å². The Balaban J connectivity index is 1.65. The number of aromatic nitrogens is 1. The minimum Gasteiger partial charge on any atom is -0.348 e. The zero-order chi connectivity index (χ0) is 21.0. The molecule has 7 heteroatoms. The fraction of sp³-hybridized carbons (Fsp3) is 0.409. The maximum absolute atomic E-state index is 13.0. The first kappa shape index (κ1) is 20.8. The molecule has 1 saturated heterocycles. The summed E-state index contributed by atoms with van der Waals surface area (Å²) in [4.78, 5) is 39.1. The van der Waals surface area contributed by atoms with E-state index < -0.39 is 0 Å². The van der Waals surface area contributed by atoms with Crippen LogP contribution in [-0.2, 0) is 17.9 Å². The molecule has 0 atom stereocenters. The predicted octanol–water partition coefficient (Wildman–Crippen LogP) is 2.57. The molecule has 1 aromatic heterocycles. The number of piperidine rings is 1. The minimum absolute atomic E-state index is 0.0704. The normalized spacial score (nSPS) is 15.8. The molecule has 2 amide bonds. The molecule has 0 aliphatic carbocycles. The molecule has 2 aromatic rings. The van der Waals surface area contributed by atoms with Crippen LogP contribution < -0.4 is 10.9 Å². The van der Waals surface area contributed by atoms with E-state index in [-0.39, 0.29) is 41.7 Å². The maximum Gasteiger partial charge on any atom is 0.253 e. The van der Waals surface area contributed by atoms with Crippen molar-refractivity contribution in [3.05, 3.63) is 69.9 Å². The summed E-state index contributed by atoms with van der Waals surface area (Å²) < 4.78 is 14.2. The number of nitrogens with zero attached hydrogens (tertiary/aromatic N) is 2. The molecular formula is C22H26FN3O3. The van der Waals surface area contributed by atoms with E-state index in [1.165, 1.54) is 35.0 Å². The molecule has 2 heterocycles. The van der Waals surface area contributed by atoms with Crippen molar-refractivity contribution >= 4 is 11.8 Å². The highest BCUT2D eigenvalue weighted by Gasteiger charge is 2.29.